The number of hydrogen-bond acceptors (Lipinski definition) is 5. The molecule has 0 heterocycles. The van der Waals surface area contributed by atoms with Crippen LogP contribution in [-0.2, 0) is 25.2 Å². The Labute approximate surface area is 140 Å². The van der Waals surface area contributed by atoms with Crippen molar-refractivity contribution in [3.63, 3.8) is 0 Å². The number of rotatable bonds is 10. The van der Waals surface area contributed by atoms with Crippen LogP contribution in [0, 0.1) is 0 Å². The number of sulfone groups is 1. The SMILES string of the molecule is CCCS(=O)(=O)CC(=O)Nc1cccc(CSCCC(=O)O)c1. The van der Waals surface area contributed by atoms with E-state index in [4.69, 9.17) is 5.11 Å². The lowest BCUT2D eigenvalue weighted by Crippen LogP contribution is -2.24. The van der Waals surface area contributed by atoms with E-state index in [0.29, 0.717) is 23.6 Å². The Bertz CT molecular complexity index is 643. The third-order valence-electron chi connectivity index (χ3n) is 2.81. The van der Waals surface area contributed by atoms with Gasteiger partial charge in [-0.05, 0) is 24.1 Å². The summed E-state index contributed by atoms with van der Waals surface area (Å²) in [5.41, 5.74) is 1.48. The summed E-state index contributed by atoms with van der Waals surface area (Å²) < 4.78 is 23.2. The standard InChI is InChI=1S/C15H21NO5S2/c1-2-8-23(20,21)11-14(17)16-13-5-3-4-12(9-13)10-22-7-6-15(18)19/h3-5,9H,2,6-8,10-11H2,1H3,(H,16,17)(H,18,19). The molecule has 0 radical (unpaired) electrons. The number of anilines is 1. The Morgan fingerprint density at radius 2 is 2.04 bits per heavy atom. The molecule has 0 bridgehead atoms. The molecule has 0 saturated carbocycles. The molecule has 1 aromatic rings. The van der Waals surface area contributed by atoms with Crippen LogP contribution in [0.25, 0.3) is 0 Å². The Hall–Kier alpha value is -1.54. The second-order valence-electron chi connectivity index (χ2n) is 5.04. The third kappa shape index (κ3) is 8.61. The van der Waals surface area contributed by atoms with Crippen molar-refractivity contribution in [2.45, 2.75) is 25.5 Å². The van der Waals surface area contributed by atoms with Gasteiger partial charge >= 0.3 is 5.97 Å². The van der Waals surface area contributed by atoms with Gasteiger partial charge in [-0.2, -0.15) is 11.8 Å². The van der Waals surface area contributed by atoms with Crippen LogP contribution in [0.4, 0.5) is 5.69 Å². The normalized spacial score (nSPS) is 11.2. The number of hydrogen-bond donors (Lipinski definition) is 2. The number of aliphatic carboxylic acids is 1. The molecule has 1 aromatic carbocycles. The Kier molecular flexibility index (Phi) is 8.11. The quantitative estimate of drug-likeness (QED) is 0.621. The molecular weight excluding hydrogens is 338 g/mol. The summed E-state index contributed by atoms with van der Waals surface area (Å²) >= 11 is 1.49. The van der Waals surface area contributed by atoms with Crippen molar-refractivity contribution in [2.24, 2.45) is 0 Å². The molecule has 8 heteroatoms. The van der Waals surface area contributed by atoms with Crippen LogP contribution in [0.2, 0.25) is 0 Å². The van der Waals surface area contributed by atoms with Gasteiger partial charge in [0, 0.05) is 17.2 Å². The van der Waals surface area contributed by atoms with Crippen LogP contribution in [0.3, 0.4) is 0 Å². The molecule has 0 saturated heterocycles. The van der Waals surface area contributed by atoms with Gasteiger partial charge in [0.25, 0.3) is 0 Å². The van der Waals surface area contributed by atoms with E-state index >= 15 is 0 Å². The summed E-state index contributed by atoms with van der Waals surface area (Å²) in [5.74, 6) is -0.744. The fourth-order valence-corrected chi connectivity index (χ4v) is 3.98. The van der Waals surface area contributed by atoms with Crippen LogP contribution in [0.15, 0.2) is 24.3 Å². The van der Waals surface area contributed by atoms with Gasteiger partial charge in [-0.25, -0.2) is 8.42 Å². The van der Waals surface area contributed by atoms with Crippen LogP contribution in [-0.4, -0.2) is 42.7 Å². The number of amides is 1. The van der Waals surface area contributed by atoms with Crippen LogP contribution >= 0.6 is 11.8 Å². The molecule has 0 unspecified atom stereocenters. The molecule has 0 aliphatic carbocycles. The lowest BCUT2D eigenvalue weighted by Gasteiger charge is -2.08. The zero-order valence-electron chi connectivity index (χ0n) is 12.9. The lowest BCUT2D eigenvalue weighted by atomic mass is 10.2. The van der Waals surface area contributed by atoms with Gasteiger partial charge in [-0.3, -0.25) is 9.59 Å². The van der Waals surface area contributed by atoms with Gasteiger partial charge < -0.3 is 10.4 Å². The highest BCUT2D eigenvalue weighted by Crippen LogP contribution is 2.17. The minimum Gasteiger partial charge on any atom is -0.481 e. The summed E-state index contributed by atoms with van der Waals surface area (Å²) in [5, 5.41) is 11.2. The van der Waals surface area contributed by atoms with Crippen molar-refractivity contribution in [1.82, 2.24) is 0 Å². The van der Waals surface area contributed by atoms with Crippen molar-refractivity contribution in [2.75, 3.05) is 22.6 Å². The zero-order valence-corrected chi connectivity index (χ0v) is 14.6. The highest BCUT2D eigenvalue weighted by atomic mass is 32.2. The smallest absolute Gasteiger partial charge is 0.304 e. The van der Waals surface area contributed by atoms with E-state index in [1.165, 1.54) is 11.8 Å². The number of carboxylic acid groups (broad SMARTS) is 1. The topological polar surface area (TPSA) is 101 Å². The Morgan fingerprint density at radius 3 is 2.70 bits per heavy atom. The number of thioether (sulfide) groups is 1. The first kappa shape index (κ1) is 19.5. The van der Waals surface area contributed by atoms with Crippen molar-refractivity contribution in [3.8, 4) is 0 Å². The predicted molar refractivity (Wildman–Crippen MR) is 92.4 cm³/mol. The van der Waals surface area contributed by atoms with Crippen LogP contribution < -0.4 is 5.32 Å². The molecule has 6 nitrogen and oxygen atoms in total. The predicted octanol–water partition coefficient (Wildman–Crippen LogP) is 2.16. The average Bonchev–Trinajstić information content (AvgIpc) is 2.43. The number of carbonyl (C=O) groups is 2. The largest absolute Gasteiger partial charge is 0.481 e. The molecule has 1 rings (SSSR count). The van der Waals surface area contributed by atoms with E-state index in [1.54, 1.807) is 25.1 Å². The summed E-state index contributed by atoms with van der Waals surface area (Å²) in [6.07, 6.45) is 0.592. The number of benzene rings is 1. The van der Waals surface area contributed by atoms with Gasteiger partial charge in [0.1, 0.15) is 5.75 Å². The van der Waals surface area contributed by atoms with E-state index in [9.17, 15) is 18.0 Å². The van der Waals surface area contributed by atoms with Gasteiger partial charge in [0.05, 0.1) is 12.2 Å². The molecule has 0 fully saturated rings. The highest BCUT2D eigenvalue weighted by molar-refractivity contribution is 7.98. The Balaban J connectivity index is 2.53. The van der Waals surface area contributed by atoms with Crippen molar-refractivity contribution in [3.05, 3.63) is 29.8 Å². The van der Waals surface area contributed by atoms with E-state index in [-0.39, 0.29) is 12.2 Å². The van der Waals surface area contributed by atoms with Crippen molar-refractivity contribution in [1.29, 1.82) is 0 Å². The average molecular weight is 359 g/mol. The number of nitrogens with one attached hydrogen (secondary N) is 1. The molecule has 128 valence electrons. The van der Waals surface area contributed by atoms with E-state index in [2.05, 4.69) is 5.32 Å². The van der Waals surface area contributed by atoms with Gasteiger partial charge in [0.2, 0.25) is 5.91 Å². The highest BCUT2D eigenvalue weighted by Gasteiger charge is 2.15. The lowest BCUT2D eigenvalue weighted by molar-refractivity contribution is -0.136. The first-order valence-electron chi connectivity index (χ1n) is 7.21. The maximum absolute atomic E-state index is 11.8. The van der Waals surface area contributed by atoms with Gasteiger partial charge in [0.15, 0.2) is 9.84 Å². The molecule has 0 atom stereocenters. The summed E-state index contributed by atoms with van der Waals surface area (Å²) in [4.78, 5) is 22.2. The maximum Gasteiger partial charge on any atom is 0.304 e. The van der Waals surface area contributed by atoms with E-state index < -0.39 is 27.5 Å². The molecular formula is C15H21NO5S2. The van der Waals surface area contributed by atoms with Gasteiger partial charge in [-0.1, -0.05) is 19.1 Å². The zero-order chi connectivity index (χ0) is 17.3. The molecule has 0 aliphatic heterocycles. The molecule has 0 aromatic heterocycles. The number of carboxylic acids is 1. The third-order valence-corrected chi connectivity index (χ3v) is 5.57. The first-order valence-corrected chi connectivity index (χ1v) is 10.2. The minimum atomic E-state index is -3.36. The Morgan fingerprint density at radius 1 is 1.30 bits per heavy atom. The second kappa shape index (κ2) is 9.57. The summed E-state index contributed by atoms with van der Waals surface area (Å²) in [6.45, 7) is 1.75. The fraction of sp³-hybridized carbons (Fsp3) is 0.467. The van der Waals surface area contributed by atoms with Crippen LogP contribution in [0.5, 0.6) is 0 Å². The first-order chi connectivity index (χ1) is 10.8. The van der Waals surface area contributed by atoms with E-state index in [1.807, 2.05) is 6.07 Å². The van der Waals surface area contributed by atoms with Crippen molar-refractivity contribution >= 4 is 39.2 Å². The molecule has 0 aliphatic rings. The molecule has 2 N–H and O–H groups in total. The van der Waals surface area contributed by atoms with Gasteiger partial charge in [-0.15, -0.1) is 0 Å². The van der Waals surface area contributed by atoms with Crippen molar-refractivity contribution < 1.29 is 23.1 Å². The molecule has 0 spiro atoms. The van der Waals surface area contributed by atoms with Crippen LogP contribution in [0.1, 0.15) is 25.3 Å². The second-order valence-corrected chi connectivity index (χ2v) is 8.33. The summed E-state index contributed by atoms with van der Waals surface area (Å²) in [6, 6.07) is 7.09. The molecule has 1 amide bonds. The van der Waals surface area contributed by atoms with E-state index in [0.717, 1.165) is 5.56 Å². The fourth-order valence-electron chi connectivity index (χ4n) is 1.87. The monoisotopic (exact) mass is 359 g/mol. The summed E-state index contributed by atoms with van der Waals surface area (Å²) in [7, 11) is -3.36. The number of carbonyl (C=O) groups excluding carboxylic acids is 1. The maximum atomic E-state index is 11.8. The minimum absolute atomic E-state index is 0.000672. The molecule has 23 heavy (non-hydrogen) atoms.